The molecule has 1 aliphatic rings. The fourth-order valence-corrected chi connectivity index (χ4v) is 2.39. The lowest BCUT2D eigenvalue weighted by Gasteiger charge is -2.27. The van der Waals surface area contributed by atoms with Crippen LogP contribution in [-0.4, -0.2) is 19.1 Å². The van der Waals surface area contributed by atoms with Crippen LogP contribution in [0.2, 0.25) is 0 Å². The van der Waals surface area contributed by atoms with Gasteiger partial charge in [-0.15, -0.1) is 0 Å². The summed E-state index contributed by atoms with van der Waals surface area (Å²) in [7, 11) is 0. The molecule has 0 unspecified atom stereocenters. The van der Waals surface area contributed by atoms with E-state index in [2.05, 4.69) is 42.7 Å². The fourth-order valence-electron chi connectivity index (χ4n) is 2.39. The molecule has 0 spiro atoms. The van der Waals surface area contributed by atoms with Gasteiger partial charge in [-0.05, 0) is 43.0 Å². The van der Waals surface area contributed by atoms with E-state index in [1.807, 2.05) is 0 Å². The maximum Gasteiger partial charge on any atom is 0.0236 e. The molecule has 2 heteroatoms. The lowest BCUT2D eigenvalue weighted by atomic mass is 9.92. The highest BCUT2D eigenvalue weighted by Gasteiger charge is 2.18. The van der Waals surface area contributed by atoms with Gasteiger partial charge in [-0.25, -0.2) is 0 Å². The quantitative estimate of drug-likeness (QED) is 0.755. The van der Waals surface area contributed by atoms with Gasteiger partial charge < -0.3 is 10.6 Å². The van der Waals surface area contributed by atoms with Gasteiger partial charge in [0.05, 0.1) is 0 Å². The lowest BCUT2D eigenvalue weighted by molar-refractivity contribution is 0.447. The van der Waals surface area contributed by atoms with Gasteiger partial charge in [0.2, 0.25) is 0 Å². The number of aryl methyl sites for hydroxylation is 1. The van der Waals surface area contributed by atoms with Crippen molar-refractivity contribution in [3.05, 3.63) is 34.9 Å². The lowest BCUT2D eigenvalue weighted by Crippen LogP contribution is -2.43. The third kappa shape index (κ3) is 2.63. The van der Waals surface area contributed by atoms with Gasteiger partial charge in [-0.2, -0.15) is 0 Å². The molecule has 1 atom stereocenters. The summed E-state index contributed by atoms with van der Waals surface area (Å²) in [6.07, 6.45) is 2.38. The van der Waals surface area contributed by atoms with Crippen molar-refractivity contribution in [3.63, 3.8) is 0 Å². The molecule has 0 saturated heterocycles. The van der Waals surface area contributed by atoms with Crippen molar-refractivity contribution < 1.29 is 0 Å². The van der Waals surface area contributed by atoms with Crippen molar-refractivity contribution in [1.29, 1.82) is 0 Å². The molecule has 0 amide bonds. The summed E-state index contributed by atoms with van der Waals surface area (Å²) in [5.74, 6) is 0. The van der Waals surface area contributed by atoms with Gasteiger partial charge in [-0.1, -0.05) is 25.1 Å². The topological polar surface area (TPSA) is 24.1 Å². The summed E-state index contributed by atoms with van der Waals surface area (Å²) in [4.78, 5) is 0. The number of rotatable bonds is 4. The number of fused-ring (bicyclic) bond motifs is 1. The molecule has 1 aliphatic heterocycles. The molecule has 1 aromatic rings. The van der Waals surface area contributed by atoms with Crippen molar-refractivity contribution in [3.8, 4) is 0 Å². The Bertz CT molecular complexity index is 347. The Morgan fingerprint density at radius 3 is 3.12 bits per heavy atom. The normalized spacial score (nSPS) is 19.5. The standard InChI is InChI=1S/C14H22N2/c1-3-7-15-10-13-8-14-11(2)5-4-6-12(14)9-16-13/h4-6,13,15-16H,3,7-10H2,1-2H3/t13-/m1/s1. The van der Waals surface area contributed by atoms with Gasteiger partial charge in [0, 0.05) is 19.1 Å². The second-order valence-corrected chi connectivity index (χ2v) is 4.70. The molecule has 0 aliphatic carbocycles. The molecular weight excluding hydrogens is 196 g/mol. The monoisotopic (exact) mass is 218 g/mol. The van der Waals surface area contributed by atoms with E-state index in [0.717, 1.165) is 19.6 Å². The molecule has 2 N–H and O–H groups in total. The van der Waals surface area contributed by atoms with Crippen LogP contribution in [0.15, 0.2) is 18.2 Å². The molecule has 1 heterocycles. The van der Waals surface area contributed by atoms with E-state index >= 15 is 0 Å². The molecular formula is C14H22N2. The van der Waals surface area contributed by atoms with Crippen molar-refractivity contribution in [2.24, 2.45) is 0 Å². The van der Waals surface area contributed by atoms with Gasteiger partial charge >= 0.3 is 0 Å². The largest absolute Gasteiger partial charge is 0.315 e. The van der Waals surface area contributed by atoms with Crippen LogP contribution >= 0.6 is 0 Å². The number of benzene rings is 1. The summed E-state index contributed by atoms with van der Waals surface area (Å²) < 4.78 is 0. The first kappa shape index (κ1) is 11.6. The third-order valence-electron chi connectivity index (χ3n) is 3.36. The Labute approximate surface area is 98.4 Å². The first-order valence-electron chi connectivity index (χ1n) is 6.32. The molecule has 1 aromatic carbocycles. The smallest absolute Gasteiger partial charge is 0.0236 e. The number of nitrogens with one attached hydrogen (secondary N) is 2. The van der Waals surface area contributed by atoms with E-state index in [4.69, 9.17) is 0 Å². The summed E-state index contributed by atoms with van der Waals surface area (Å²) in [5.41, 5.74) is 4.48. The van der Waals surface area contributed by atoms with Crippen LogP contribution in [0.4, 0.5) is 0 Å². The van der Waals surface area contributed by atoms with Crippen molar-refractivity contribution in [2.45, 2.75) is 39.3 Å². The van der Waals surface area contributed by atoms with Gasteiger partial charge in [-0.3, -0.25) is 0 Å². The Kier molecular flexibility index (Phi) is 3.97. The molecule has 0 saturated carbocycles. The number of hydrogen-bond acceptors (Lipinski definition) is 2. The van der Waals surface area contributed by atoms with Crippen molar-refractivity contribution in [1.82, 2.24) is 10.6 Å². The Hall–Kier alpha value is -0.860. The zero-order valence-corrected chi connectivity index (χ0v) is 10.3. The highest BCUT2D eigenvalue weighted by atomic mass is 15.0. The van der Waals surface area contributed by atoms with E-state index in [-0.39, 0.29) is 0 Å². The van der Waals surface area contributed by atoms with Crippen LogP contribution in [0, 0.1) is 6.92 Å². The Balaban J connectivity index is 1.97. The minimum atomic E-state index is 0.597. The van der Waals surface area contributed by atoms with Gasteiger partial charge in [0.1, 0.15) is 0 Å². The molecule has 0 fully saturated rings. The van der Waals surface area contributed by atoms with E-state index in [1.165, 1.54) is 24.0 Å². The molecule has 0 radical (unpaired) electrons. The van der Waals surface area contributed by atoms with Crippen LogP contribution in [-0.2, 0) is 13.0 Å². The predicted molar refractivity (Wildman–Crippen MR) is 68.7 cm³/mol. The molecule has 2 nitrogen and oxygen atoms in total. The summed E-state index contributed by atoms with van der Waals surface area (Å²) in [5, 5.41) is 7.09. The minimum Gasteiger partial charge on any atom is -0.315 e. The molecule has 0 bridgehead atoms. The van der Waals surface area contributed by atoms with E-state index in [1.54, 1.807) is 5.56 Å². The van der Waals surface area contributed by atoms with Crippen LogP contribution in [0.25, 0.3) is 0 Å². The van der Waals surface area contributed by atoms with Crippen LogP contribution in [0.5, 0.6) is 0 Å². The number of hydrogen-bond donors (Lipinski definition) is 2. The third-order valence-corrected chi connectivity index (χ3v) is 3.36. The predicted octanol–water partition coefficient (Wildman–Crippen LogP) is 2.01. The van der Waals surface area contributed by atoms with Crippen molar-refractivity contribution in [2.75, 3.05) is 13.1 Å². The zero-order valence-electron chi connectivity index (χ0n) is 10.3. The first-order chi connectivity index (χ1) is 7.81. The maximum atomic E-state index is 3.60. The summed E-state index contributed by atoms with van der Waals surface area (Å²) >= 11 is 0. The highest BCUT2D eigenvalue weighted by Crippen LogP contribution is 2.19. The minimum absolute atomic E-state index is 0.597. The van der Waals surface area contributed by atoms with E-state index in [0.29, 0.717) is 6.04 Å². The van der Waals surface area contributed by atoms with Gasteiger partial charge in [0.15, 0.2) is 0 Å². The molecule has 88 valence electrons. The van der Waals surface area contributed by atoms with Gasteiger partial charge in [0.25, 0.3) is 0 Å². The first-order valence-corrected chi connectivity index (χ1v) is 6.32. The second-order valence-electron chi connectivity index (χ2n) is 4.70. The molecule has 16 heavy (non-hydrogen) atoms. The van der Waals surface area contributed by atoms with Crippen LogP contribution in [0.3, 0.4) is 0 Å². The average Bonchev–Trinajstić information content (AvgIpc) is 2.30. The fraction of sp³-hybridized carbons (Fsp3) is 0.571. The van der Waals surface area contributed by atoms with Crippen molar-refractivity contribution >= 4 is 0 Å². The van der Waals surface area contributed by atoms with E-state index < -0.39 is 0 Å². The Morgan fingerprint density at radius 1 is 1.44 bits per heavy atom. The Morgan fingerprint density at radius 2 is 2.31 bits per heavy atom. The molecule has 0 aromatic heterocycles. The van der Waals surface area contributed by atoms with Crippen LogP contribution < -0.4 is 10.6 Å². The summed E-state index contributed by atoms with van der Waals surface area (Å²) in [6.45, 7) is 7.66. The maximum absolute atomic E-state index is 3.60. The summed E-state index contributed by atoms with van der Waals surface area (Å²) in [6, 6.07) is 7.22. The van der Waals surface area contributed by atoms with Crippen LogP contribution in [0.1, 0.15) is 30.0 Å². The second kappa shape index (κ2) is 5.46. The SMILES string of the molecule is CCCNC[C@H]1Cc2c(C)cccc2CN1. The molecule has 2 rings (SSSR count). The zero-order chi connectivity index (χ0) is 11.4. The van der Waals surface area contributed by atoms with E-state index in [9.17, 15) is 0 Å². The average molecular weight is 218 g/mol. The highest BCUT2D eigenvalue weighted by molar-refractivity contribution is 5.36.